The topological polar surface area (TPSA) is 80.3 Å². The van der Waals surface area contributed by atoms with Crippen molar-refractivity contribution in [2.75, 3.05) is 13.1 Å². The minimum absolute atomic E-state index is 0.493. The monoisotopic (exact) mass is 509 g/mol. The van der Waals surface area contributed by atoms with Gasteiger partial charge in [0.1, 0.15) is 0 Å². The molecule has 0 aliphatic heterocycles. The molecule has 0 amide bonds. The largest absolute Gasteiger partial charge is 0.512 e. The number of quaternary nitrogens is 1. The lowest BCUT2D eigenvalue weighted by Crippen LogP contribution is -2.58. The van der Waals surface area contributed by atoms with E-state index in [1.807, 2.05) is 0 Å². The number of unbranched alkanes of at least 4 members (excludes halogenated alkanes) is 4. The molecule has 0 aliphatic rings. The van der Waals surface area contributed by atoms with Gasteiger partial charge in [0.2, 0.25) is 0 Å². The highest BCUT2D eigenvalue weighted by Crippen LogP contribution is 2.27. The van der Waals surface area contributed by atoms with Crippen molar-refractivity contribution in [1.82, 2.24) is 4.13 Å². The minimum Gasteiger partial charge on any atom is -0.320 e. The number of hydrogen-bond acceptors (Lipinski definition) is 4. The van der Waals surface area contributed by atoms with E-state index in [1.165, 1.54) is 49.7 Å². The molecule has 0 atom stereocenters. The predicted molar refractivity (Wildman–Crippen MR) is 108 cm³/mol. The van der Waals surface area contributed by atoms with E-state index in [4.69, 9.17) is 0 Å². The molecule has 0 spiro atoms. The van der Waals surface area contributed by atoms with Gasteiger partial charge in [-0.15, -0.1) is 0 Å². The Labute approximate surface area is 182 Å². The average Bonchev–Trinajstić information content (AvgIpc) is 2.55. The maximum atomic E-state index is 11.5. The van der Waals surface area contributed by atoms with Gasteiger partial charge in [-0.2, -0.15) is 26.3 Å². The summed E-state index contributed by atoms with van der Waals surface area (Å²) < 4.78 is 110. The third-order valence-electron chi connectivity index (χ3n) is 5.15. The third kappa shape index (κ3) is 10.3. The van der Waals surface area contributed by atoms with Gasteiger partial charge in [0.25, 0.3) is 0 Å². The van der Waals surface area contributed by atoms with Crippen LogP contribution in [0.5, 0.6) is 0 Å². The van der Waals surface area contributed by atoms with Crippen LogP contribution in [0.1, 0.15) is 73.6 Å². The standard InChI is InChI=1S/C15H34N.C2HF6NO4S2/c1-7-9-10-11-12-13-16(8-2,14(3)4)15(5)6;3-1(4,5)14(10,11)9-15(12,13)2(6,7)8/h14-15H,7-13H2,1-6H3;9H/q+1;. The molecular weight excluding hydrogens is 474 g/mol. The van der Waals surface area contributed by atoms with Crippen molar-refractivity contribution in [3.8, 4) is 0 Å². The van der Waals surface area contributed by atoms with Crippen LogP contribution in [0.2, 0.25) is 0 Å². The van der Waals surface area contributed by atoms with Crippen molar-refractivity contribution in [3.05, 3.63) is 0 Å². The average molecular weight is 510 g/mol. The molecule has 0 saturated carbocycles. The van der Waals surface area contributed by atoms with Gasteiger partial charge in [-0.05, 0) is 47.5 Å². The number of hydrogen-bond donors (Lipinski definition) is 1. The summed E-state index contributed by atoms with van der Waals surface area (Å²) in [5, 5.41) is 0. The van der Waals surface area contributed by atoms with Gasteiger partial charge in [0, 0.05) is 0 Å². The van der Waals surface area contributed by atoms with Gasteiger partial charge in [-0.1, -0.05) is 30.3 Å². The second-order valence-corrected chi connectivity index (χ2v) is 11.3. The molecule has 0 unspecified atom stereocenters. The highest BCUT2D eigenvalue weighted by atomic mass is 32.3. The minimum atomic E-state index is -6.60. The summed E-state index contributed by atoms with van der Waals surface area (Å²) in [6.45, 7) is 16.8. The van der Waals surface area contributed by atoms with Crippen molar-refractivity contribution in [3.63, 3.8) is 0 Å². The summed E-state index contributed by atoms with van der Waals surface area (Å²) in [7, 11) is -13.2. The lowest BCUT2D eigenvalue weighted by Gasteiger charge is -2.45. The zero-order chi connectivity index (χ0) is 25.3. The predicted octanol–water partition coefficient (Wildman–Crippen LogP) is 4.89. The Kier molecular flexibility index (Phi) is 13.2. The van der Waals surface area contributed by atoms with Crippen molar-refractivity contribution >= 4 is 20.0 Å². The Morgan fingerprint density at radius 2 is 1.06 bits per heavy atom. The molecule has 0 aromatic heterocycles. The summed E-state index contributed by atoms with van der Waals surface area (Å²) in [6, 6.07) is 1.52. The molecule has 0 heterocycles. The first-order valence-corrected chi connectivity index (χ1v) is 13.0. The first-order valence-electron chi connectivity index (χ1n) is 9.99. The van der Waals surface area contributed by atoms with Crippen LogP contribution in [0.15, 0.2) is 0 Å². The second kappa shape index (κ2) is 12.6. The molecule has 0 saturated heterocycles. The normalized spacial score (nSPS) is 14.0. The molecule has 0 aliphatic carbocycles. The lowest BCUT2D eigenvalue weighted by molar-refractivity contribution is -0.965. The molecule has 0 bridgehead atoms. The zero-order valence-electron chi connectivity index (χ0n) is 18.8. The van der Waals surface area contributed by atoms with E-state index in [1.54, 1.807) is 0 Å². The van der Waals surface area contributed by atoms with Gasteiger partial charge in [0.15, 0.2) is 0 Å². The van der Waals surface area contributed by atoms with E-state index in [0.717, 1.165) is 12.1 Å². The summed E-state index contributed by atoms with van der Waals surface area (Å²) in [5.41, 5.74) is -12.3. The fourth-order valence-corrected chi connectivity index (χ4v) is 5.16. The third-order valence-corrected chi connectivity index (χ3v) is 8.13. The number of halogens is 6. The number of rotatable bonds is 11. The Balaban J connectivity index is 0. The van der Waals surface area contributed by atoms with Crippen molar-refractivity contribution in [2.45, 2.75) is 96.7 Å². The zero-order valence-corrected chi connectivity index (χ0v) is 20.4. The van der Waals surface area contributed by atoms with E-state index in [0.29, 0.717) is 0 Å². The summed E-state index contributed by atoms with van der Waals surface area (Å²) in [4.78, 5) is 0. The molecular formula is C17H35F6N2O4S2+. The number of nitrogens with one attached hydrogen (secondary N) is 1. The van der Waals surface area contributed by atoms with Crippen molar-refractivity contribution in [2.24, 2.45) is 0 Å². The molecule has 0 rings (SSSR count). The Morgan fingerprint density at radius 3 is 1.32 bits per heavy atom. The van der Waals surface area contributed by atoms with Crippen LogP contribution < -0.4 is 4.13 Å². The highest BCUT2D eigenvalue weighted by molar-refractivity contribution is 8.05. The fraction of sp³-hybridized carbons (Fsp3) is 1.00. The lowest BCUT2D eigenvalue weighted by atomic mass is 10.1. The molecule has 14 heteroatoms. The Bertz CT molecular complexity index is 668. The molecule has 0 fully saturated rings. The quantitative estimate of drug-likeness (QED) is 0.244. The molecule has 0 aromatic carbocycles. The maximum Gasteiger partial charge on any atom is 0.512 e. The Hall–Kier alpha value is -0.600. The first-order chi connectivity index (χ1) is 13.7. The van der Waals surface area contributed by atoms with Crippen LogP contribution in [0.3, 0.4) is 0 Å². The molecule has 0 radical (unpaired) electrons. The van der Waals surface area contributed by atoms with Gasteiger partial charge in [-0.3, -0.25) is 0 Å². The van der Waals surface area contributed by atoms with E-state index in [-0.39, 0.29) is 0 Å². The second-order valence-electron chi connectivity index (χ2n) is 7.73. The molecule has 1 N–H and O–H groups in total. The van der Waals surface area contributed by atoms with Crippen LogP contribution in [0.25, 0.3) is 0 Å². The molecule has 31 heavy (non-hydrogen) atoms. The van der Waals surface area contributed by atoms with Gasteiger partial charge < -0.3 is 4.48 Å². The van der Waals surface area contributed by atoms with Crippen molar-refractivity contribution < 1.29 is 47.7 Å². The summed E-state index contributed by atoms with van der Waals surface area (Å²) in [5.74, 6) is 0. The highest BCUT2D eigenvalue weighted by Gasteiger charge is 2.55. The van der Waals surface area contributed by atoms with Crippen LogP contribution in [-0.2, 0) is 20.0 Å². The van der Waals surface area contributed by atoms with Gasteiger partial charge >= 0.3 is 31.1 Å². The van der Waals surface area contributed by atoms with Crippen LogP contribution in [-0.4, -0.2) is 57.5 Å². The molecule has 0 aromatic rings. The van der Waals surface area contributed by atoms with Crippen molar-refractivity contribution in [1.29, 1.82) is 0 Å². The summed E-state index contributed by atoms with van der Waals surface area (Å²) in [6.07, 6.45) is 7.02. The molecule has 190 valence electrons. The Morgan fingerprint density at radius 1 is 0.710 bits per heavy atom. The van der Waals surface area contributed by atoms with E-state index < -0.39 is 35.2 Å². The van der Waals surface area contributed by atoms with Crippen LogP contribution in [0.4, 0.5) is 26.3 Å². The van der Waals surface area contributed by atoms with Gasteiger partial charge in [0.05, 0.1) is 25.2 Å². The van der Waals surface area contributed by atoms with E-state index in [2.05, 4.69) is 41.5 Å². The van der Waals surface area contributed by atoms with Crippen LogP contribution >= 0.6 is 0 Å². The first kappa shape index (κ1) is 32.6. The smallest absolute Gasteiger partial charge is 0.320 e. The van der Waals surface area contributed by atoms with Gasteiger partial charge in [-0.25, -0.2) is 16.8 Å². The number of sulfonamides is 2. The van der Waals surface area contributed by atoms with E-state index in [9.17, 15) is 43.2 Å². The molecule has 6 nitrogen and oxygen atoms in total. The SMILES string of the molecule is CCCCCCC[N+](CC)(C(C)C)C(C)C.O=S(=O)(NS(=O)(=O)C(F)(F)F)C(F)(F)F. The maximum absolute atomic E-state index is 11.5. The van der Waals surface area contributed by atoms with E-state index >= 15 is 0 Å². The number of alkyl halides is 6. The summed E-state index contributed by atoms with van der Waals surface area (Å²) >= 11 is 0. The number of nitrogens with zero attached hydrogens (tertiary/aromatic N) is 1. The fourth-order valence-electron chi connectivity index (χ4n) is 3.25. The van der Waals surface area contributed by atoms with Crippen LogP contribution in [0, 0.1) is 0 Å².